The molecule has 1 aromatic heterocycles. The van der Waals surface area contributed by atoms with E-state index in [0.717, 1.165) is 16.5 Å². The molecule has 0 saturated carbocycles. The molecule has 0 radical (unpaired) electrons. The van der Waals surface area contributed by atoms with Gasteiger partial charge in [-0.25, -0.2) is 0 Å². The Kier molecular flexibility index (Phi) is 4.92. The normalized spacial score (nSPS) is 12.9. The number of carbonyl (C=O) groups is 2. The summed E-state index contributed by atoms with van der Waals surface area (Å²) in [4.78, 5) is 24.7. The Hall–Kier alpha value is -2.88. The van der Waals surface area contributed by atoms with E-state index < -0.39 is 11.9 Å². The Morgan fingerprint density at radius 1 is 1.04 bits per heavy atom. The van der Waals surface area contributed by atoms with Crippen LogP contribution < -0.4 is 0 Å². The monoisotopic (exact) mass is 363 g/mol. The molecule has 4 nitrogen and oxygen atoms in total. The van der Waals surface area contributed by atoms with Crippen LogP contribution in [0.4, 0.5) is 0 Å². The molecular formula is C23H25NO3. The number of aryl methyl sites for hydroxylation is 1. The van der Waals surface area contributed by atoms with Gasteiger partial charge in [0, 0.05) is 36.1 Å². The van der Waals surface area contributed by atoms with E-state index in [1.807, 2.05) is 54.2 Å². The minimum atomic E-state index is -0.981. The van der Waals surface area contributed by atoms with Gasteiger partial charge in [0.1, 0.15) is 0 Å². The lowest BCUT2D eigenvalue weighted by atomic mass is 9.85. The third-order valence-corrected chi connectivity index (χ3v) is 5.06. The molecule has 1 atom stereocenters. The molecule has 1 N–H and O–H groups in total. The third-order valence-electron chi connectivity index (χ3n) is 5.06. The molecule has 0 fully saturated rings. The fourth-order valence-corrected chi connectivity index (χ4v) is 3.44. The van der Waals surface area contributed by atoms with Gasteiger partial charge in [-0.2, -0.15) is 0 Å². The van der Waals surface area contributed by atoms with Crippen LogP contribution in [0.3, 0.4) is 0 Å². The zero-order valence-electron chi connectivity index (χ0n) is 16.2. The summed E-state index contributed by atoms with van der Waals surface area (Å²) in [6.45, 7) is 6.35. The Labute approximate surface area is 159 Å². The molecule has 140 valence electrons. The van der Waals surface area contributed by atoms with Crippen LogP contribution in [-0.2, 0) is 17.3 Å². The van der Waals surface area contributed by atoms with Crippen LogP contribution >= 0.6 is 0 Å². The van der Waals surface area contributed by atoms with Gasteiger partial charge >= 0.3 is 5.97 Å². The van der Waals surface area contributed by atoms with Crippen molar-refractivity contribution < 1.29 is 14.7 Å². The van der Waals surface area contributed by atoms with Gasteiger partial charge in [0.2, 0.25) is 0 Å². The van der Waals surface area contributed by atoms with Crippen molar-refractivity contribution in [3.63, 3.8) is 0 Å². The Morgan fingerprint density at radius 2 is 1.67 bits per heavy atom. The number of hydrogen-bond acceptors (Lipinski definition) is 2. The summed E-state index contributed by atoms with van der Waals surface area (Å²) in [7, 11) is 1.89. The summed E-state index contributed by atoms with van der Waals surface area (Å²) in [6, 6.07) is 15.1. The van der Waals surface area contributed by atoms with Crippen LogP contribution in [0.1, 0.15) is 54.6 Å². The van der Waals surface area contributed by atoms with Crippen molar-refractivity contribution in [1.29, 1.82) is 0 Å². The largest absolute Gasteiger partial charge is 0.481 e. The highest BCUT2D eigenvalue weighted by atomic mass is 16.4. The number of benzene rings is 2. The number of aliphatic carboxylic acids is 1. The summed E-state index contributed by atoms with van der Waals surface area (Å²) in [6.07, 6.45) is 1.76. The van der Waals surface area contributed by atoms with Crippen molar-refractivity contribution in [3.8, 4) is 0 Å². The maximum atomic E-state index is 12.8. The molecule has 27 heavy (non-hydrogen) atoms. The van der Waals surface area contributed by atoms with Crippen LogP contribution in [0, 0.1) is 0 Å². The number of aromatic nitrogens is 1. The highest BCUT2D eigenvalue weighted by molar-refractivity contribution is 6.00. The topological polar surface area (TPSA) is 59.3 Å². The van der Waals surface area contributed by atoms with E-state index in [1.165, 1.54) is 0 Å². The number of carboxylic acids is 1. The first-order chi connectivity index (χ1) is 12.7. The molecule has 0 spiro atoms. The number of ketones is 1. The smallest absolute Gasteiger partial charge is 0.311 e. The summed E-state index contributed by atoms with van der Waals surface area (Å²) in [5, 5.41) is 10.7. The summed E-state index contributed by atoms with van der Waals surface area (Å²) < 4.78 is 1.91. The van der Waals surface area contributed by atoms with Crippen molar-refractivity contribution in [2.24, 2.45) is 7.05 Å². The molecule has 3 rings (SSSR count). The highest BCUT2D eigenvalue weighted by Gasteiger charge is 2.27. The molecule has 0 aliphatic rings. The minimum absolute atomic E-state index is 0.00807. The summed E-state index contributed by atoms with van der Waals surface area (Å²) >= 11 is 0. The number of para-hydroxylation sites is 1. The molecule has 3 aromatic rings. The number of nitrogens with zero attached hydrogens (tertiary/aromatic N) is 1. The number of carboxylic acid groups (broad SMARTS) is 1. The van der Waals surface area contributed by atoms with E-state index in [4.69, 9.17) is 0 Å². The van der Waals surface area contributed by atoms with E-state index >= 15 is 0 Å². The van der Waals surface area contributed by atoms with Gasteiger partial charge in [-0.15, -0.1) is 0 Å². The zero-order valence-corrected chi connectivity index (χ0v) is 16.2. The van der Waals surface area contributed by atoms with Gasteiger partial charge in [0.25, 0.3) is 0 Å². The SMILES string of the molecule is Cn1cc(C(CC(=O)c2ccc(C(C)(C)C)cc2)C(=O)O)c2ccccc21. The first kappa shape index (κ1) is 18.9. The van der Waals surface area contributed by atoms with Crippen molar-refractivity contribution in [2.75, 3.05) is 0 Å². The van der Waals surface area contributed by atoms with E-state index in [9.17, 15) is 14.7 Å². The quantitative estimate of drug-likeness (QED) is 0.655. The standard InChI is InChI=1S/C23H25NO3/c1-23(2,3)16-11-9-15(10-12-16)21(25)13-18(22(26)27)19-14-24(4)20-8-6-5-7-17(19)20/h5-12,14,18H,13H2,1-4H3,(H,26,27). The van der Waals surface area contributed by atoms with Crippen LogP contribution in [0.2, 0.25) is 0 Å². The first-order valence-corrected chi connectivity index (χ1v) is 9.09. The van der Waals surface area contributed by atoms with Crippen LogP contribution in [0.15, 0.2) is 54.7 Å². The lowest BCUT2D eigenvalue weighted by molar-refractivity contribution is -0.138. The molecule has 1 unspecified atom stereocenters. The summed E-state index contributed by atoms with van der Waals surface area (Å²) in [5.74, 6) is -2.01. The van der Waals surface area contributed by atoms with Gasteiger partial charge in [-0.1, -0.05) is 63.2 Å². The minimum Gasteiger partial charge on any atom is -0.481 e. The zero-order chi connectivity index (χ0) is 19.8. The van der Waals surface area contributed by atoms with Crippen molar-refractivity contribution in [1.82, 2.24) is 4.57 Å². The predicted molar refractivity (Wildman–Crippen MR) is 107 cm³/mol. The second-order valence-corrected chi connectivity index (χ2v) is 8.06. The lowest BCUT2D eigenvalue weighted by Crippen LogP contribution is -2.16. The average molecular weight is 363 g/mol. The molecule has 0 aliphatic heterocycles. The summed E-state index contributed by atoms with van der Waals surface area (Å²) in [5.41, 5.74) is 3.34. The molecule has 0 saturated heterocycles. The highest BCUT2D eigenvalue weighted by Crippen LogP contribution is 2.31. The van der Waals surface area contributed by atoms with Crippen LogP contribution in [-0.4, -0.2) is 21.4 Å². The predicted octanol–water partition coefficient (Wildman–Crippen LogP) is 4.92. The third kappa shape index (κ3) is 3.80. The first-order valence-electron chi connectivity index (χ1n) is 9.09. The maximum absolute atomic E-state index is 12.8. The van der Waals surface area contributed by atoms with Crippen molar-refractivity contribution in [3.05, 3.63) is 71.4 Å². The number of rotatable bonds is 5. The maximum Gasteiger partial charge on any atom is 0.311 e. The van der Waals surface area contributed by atoms with E-state index in [2.05, 4.69) is 20.8 Å². The van der Waals surface area contributed by atoms with Gasteiger partial charge in [-0.05, 0) is 22.6 Å². The lowest BCUT2D eigenvalue weighted by Gasteiger charge is -2.19. The van der Waals surface area contributed by atoms with Crippen LogP contribution in [0.5, 0.6) is 0 Å². The Balaban J connectivity index is 1.90. The number of carbonyl (C=O) groups excluding carboxylic acids is 1. The molecule has 0 amide bonds. The Bertz CT molecular complexity index is 991. The molecule has 4 heteroatoms. The Morgan fingerprint density at radius 3 is 2.26 bits per heavy atom. The van der Waals surface area contributed by atoms with Crippen LogP contribution in [0.25, 0.3) is 10.9 Å². The van der Waals surface area contributed by atoms with Gasteiger partial charge < -0.3 is 9.67 Å². The van der Waals surface area contributed by atoms with Gasteiger partial charge in [0.15, 0.2) is 5.78 Å². The van der Waals surface area contributed by atoms with E-state index in [1.54, 1.807) is 12.1 Å². The van der Waals surface area contributed by atoms with Gasteiger partial charge in [-0.3, -0.25) is 9.59 Å². The molecular weight excluding hydrogens is 338 g/mol. The number of fused-ring (bicyclic) bond motifs is 1. The second kappa shape index (κ2) is 7.03. The average Bonchev–Trinajstić information content (AvgIpc) is 2.95. The fourth-order valence-electron chi connectivity index (χ4n) is 3.44. The molecule has 0 bridgehead atoms. The fraction of sp³-hybridized carbons (Fsp3) is 0.304. The second-order valence-electron chi connectivity index (χ2n) is 8.06. The van der Waals surface area contributed by atoms with E-state index in [0.29, 0.717) is 11.1 Å². The van der Waals surface area contributed by atoms with E-state index in [-0.39, 0.29) is 17.6 Å². The van der Waals surface area contributed by atoms with Gasteiger partial charge in [0.05, 0.1) is 5.92 Å². The number of Topliss-reactive ketones (excluding diaryl/α,β-unsaturated/α-hetero) is 1. The number of hydrogen-bond donors (Lipinski definition) is 1. The molecule has 2 aromatic carbocycles. The molecule has 0 aliphatic carbocycles. The van der Waals surface area contributed by atoms with Crippen molar-refractivity contribution >= 4 is 22.7 Å². The van der Waals surface area contributed by atoms with Crippen molar-refractivity contribution in [2.45, 2.75) is 38.5 Å². The molecule has 1 heterocycles.